The van der Waals surface area contributed by atoms with Crippen molar-refractivity contribution in [1.82, 2.24) is 4.98 Å². The van der Waals surface area contributed by atoms with Crippen molar-refractivity contribution >= 4 is 40.1 Å². The molecule has 1 rings (SSSR count). The molecule has 0 radical (unpaired) electrons. The second kappa shape index (κ2) is 4.59. The average Bonchev–Trinajstić information content (AvgIpc) is 2.47. The van der Waals surface area contributed by atoms with Gasteiger partial charge in [0.25, 0.3) is 0 Å². The summed E-state index contributed by atoms with van der Waals surface area (Å²) in [6.45, 7) is 0. The molecule has 0 aliphatic carbocycles. The van der Waals surface area contributed by atoms with E-state index in [0.29, 0.717) is 10.0 Å². The molecule has 0 atom stereocenters. The summed E-state index contributed by atoms with van der Waals surface area (Å²) in [5.41, 5.74) is 0. The van der Waals surface area contributed by atoms with Crippen molar-refractivity contribution in [1.29, 1.82) is 0 Å². The first-order valence-corrected chi connectivity index (χ1v) is 5.05. The molecule has 1 aromatic rings. The second-order valence-corrected chi connectivity index (χ2v) is 4.21. The normalized spacial score (nSPS) is 11.6. The molecule has 0 unspecified atom stereocenters. The third-order valence-corrected chi connectivity index (χ3v) is 3.01. The van der Waals surface area contributed by atoms with Gasteiger partial charge < -0.3 is 10.0 Å². The molecule has 0 saturated carbocycles. The highest BCUT2D eigenvalue weighted by Gasteiger charge is 2.12. The van der Waals surface area contributed by atoms with Gasteiger partial charge in [-0.15, -0.1) is 0 Å². The Hall–Kier alpha value is -1.14. The Bertz CT molecular complexity index is 417. The number of carboxylic acid groups (broad SMARTS) is 1. The van der Waals surface area contributed by atoms with E-state index in [4.69, 9.17) is 16.7 Å². The molecular weight excluding hydrogens is 243 g/mol. The van der Waals surface area contributed by atoms with Crippen molar-refractivity contribution in [3.63, 3.8) is 0 Å². The number of thiazole rings is 1. The minimum absolute atomic E-state index is 0.0973. The minimum atomic E-state index is -1.62. The lowest BCUT2D eigenvalue weighted by Gasteiger charge is -2.04. The molecule has 4 nitrogen and oxygen atoms in total. The summed E-state index contributed by atoms with van der Waals surface area (Å²) in [6.07, 6.45) is 0.856. The van der Waals surface area contributed by atoms with Crippen LogP contribution in [-0.2, 0) is 4.79 Å². The van der Waals surface area contributed by atoms with Crippen LogP contribution in [0.2, 0.25) is 5.15 Å². The quantitative estimate of drug-likeness (QED) is 0.836. The van der Waals surface area contributed by atoms with Gasteiger partial charge in [-0.05, 0) is 0 Å². The molecule has 0 fully saturated rings. The van der Waals surface area contributed by atoms with E-state index < -0.39 is 11.8 Å². The van der Waals surface area contributed by atoms with E-state index in [-0.39, 0.29) is 5.15 Å². The van der Waals surface area contributed by atoms with Crippen LogP contribution in [0.3, 0.4) is 0 Å². The molecular formula is C8H8ClFN2O2S. The van der Waals surface area contributed by atoms with Crippen LogP contribution in [0.15, 0.2) is 5.83 Å². The fourth-order valence-corrected chi connectivity index (χ4v) is 1.87. The number of hydrogen-bond acceptors (Lipinski definition) is 4. The van der Waals surface area contributed by atoms with Crippen LogP contribution in [0.4, 0.5) is 9.52 Å². The molecule has 1 heterocycles. The largest absolute Gasteiger partial charge is 0.476 e. The highest BCUT2D eigenvalue weighted by molar-refractivity contribution is 7.17. The molecule has 0 amide bonds. The lowest BCUT2D eigenvalue weighted by molar-refractivity contribution is -0.134. The zero-order valence-electron chi connectivity index (χ0n) is 7.99. The first kappa shape index (κ1) is 11.9. The Labute approximate surface area is 94.6 Å². The number of hydrogen-bond donors (Lipinski definition) is 1. The average molecular weight is 251 g/mol. The maximum absolute atomic E-state index is 12.8. The third kappa shape index (κ3) is 2.90. The molecule has 0 aliphatic rings. The smallest absolute Gasteiger partial charge is 0.364 e. The second-order valence-electron chi connectivity index (χ2n) is 2.84. The van der Waals surface area contributed by atoms with Crippen LogP contribution in [0.1, 0.15) is 4.88 Å². The molecule has 0 bridgehead atoms. The van der Waals surface area contributed by atoms with E-state index in [2.05, 4.69) is 4.98 Å². The molecule has 0 spiro atoms. The fraction of sp³-hybridized carbons (Fsp3) is 0.250. The van der Waals surface area contributed by atoms with Crippen LogP contribution in [0, 0.1) is 0 Å². The number of aliphatic carboxylic acids is 1. The van der Waals surface area contributed by atoms with Gasteiger partial charge >= 0.3 is 5.97 Å². The minimum Gasteiger partial charge on any atom is -0.476 e. The van der Waals surface area contributed by atoms with E-state index in [9.17, 15) is 9.18 Å². The van der Waals surface area contributed by atoms with Gasteiger partial charge in [0, 0.05) is 20.2 Å². The number of aromatic nitrogens is 1. The molecule has 0 aliphatic heterocycles. The van der Waals surface area contributed by atoms with Crippen molar-refractivity contribution < 1.29 is 14.3 Å². The number of nitrogens with zero attached hydrogens (tertiary/aromatic N) is 2. The topological polar surface area (TPSA) is 53.4 Å². The molecule has 82 valence electrons. The maximum Gasteiger partial charge on any atom is 0.364 e. The van der Waals surface area contributed by atoms with E-state index in [0.717, 1.165) is 17.4 Å². The predicted octanol–water partition coefficient (Wildman–Crippen LogP) is 2.26. The fourth-order valence-electron chi connectivity index (χ4n) is 0.759. The van der Waals surface area contributed by atoms with Crippen molar-refractivity contribution in [3.05, 3.63) is 15.9 Å². The lowest BCUT2D eigenvalue weighted by Crippen LogP contribution is -2.07. The Morgan fingerprint density at radius 1 is 1.67 bits per heavy atom. The summed E-state index contributed by atoms with van der Waals surface area (Å²) in [6, 6.07) is 0. The van der Waals surface area contributed by atoms with Gasteiger partial charge in [0.2, 0.25) is 5.83 Å². The Balaban J connectivity index is 3.06. The van der Waals surface area contributed by atoms with E-state index in [1.54, 1.807) is 19.0 Å². The van der Waals surface area contributed by atoms with E-state index in [1.165, 1.54) is 0 Å². The Morgan fingerprint density at radius 2 is 2.27 bits per heavy atom. The number of rotatable bonds is 3. The molecule has 1 N–H and O–H groups in total. The van der Waals surface area contributed by atoms with Gasteiger partial charge in [0.05, 0.1) is 4.88 Å². The number of carboxylic acids is 1. The Morgan fingerprint density at radius 3 is 2.67 bits per heavy atom. The molecule has 1 aromatic heterocycles. The maximum atomic E-state index is 12.8. The number of anilines is 1. The van der Waals surface area contributed by atoms with Crippen LogP contribution in [0.25, 0.3) is 6.08 Å². The standard InChI is InChI=1S/C8H8ClFN2O2S/c1-12(2)8-11-6(9)5(15-8)3-4(10)7(13)14/h3H,1-2H3,(H,13,14). The van der Waals surface area contributed by atoms with Crippen molar-refractivity contribution in [2.75, 3.05) is 19.0 Å². The van der Waals surface area contributed by atoms with Gasteiger partial charge in [-0.1, -0.05) is 22.9 Å². The van der Waals surface area contributed by atoms with E-state index >= 15 is 0 Å². The van der Waals surface area contributed by atoms with Crippen molar-refractivity contribution in [2.24, 2.45) is 0 Å². The van der Waals surface area contributed by atoms with Crippen LogP contribution >= 0.6 is 22.9 Å². The molecule has 15 heavy (non-hydrogen) atoms. The highest BCUT2D eigenvalue weighted by atomic mass is 35.5. The zero-order chi connectivity index (χ0) is 11.6. The SMILES string of the molecule is CN(C)c1nc(Cl)c(C=C(F)C(=O)O)s1. The van der Waals surface area contributed by atoms with Gasteiger partial charge in [-0.25, -0.2) is 9.78 Å². The van der Waals surface area contributed by atoms with Crippen LogP contribution in [-0.4, -0.2) is 30.2 Å². The van der Waals surface area contributed by atoms with Crippen LogP contribution in [0.5, 0.6) is 0 Å². The van der Waals surface area contributed by atoms with Crippen molar-refractivity contribution in [3.8, 4) is 0 Å². The Kier molecular flexibility index (Phi) is 3.65. The number of carbonyl (C=O) groups is 1. The first-order chi connectivity index (χ1) is 6.91. The zero-order valence-corrected chi connectivity index (χ0v) is 9.56. The van der Waals surface area contributed by atoms with Crippen LogP contribution < -0.4 is 4.90 Å². The van der Waals surface area contributed by atoms with Gasteiger partial charge in [0.1, 0.15) is 5.15 Å². The highest BCUT2D eigenvalue weighted by Crippen LogP contribution is 2.30. The van der Waals surface area contributed by atoms with Gasteiger partial charge in [0.15, 0.2) is 5.13 Å². The summed E-state index contributed by atoms with van der Waals surface area (Å²) < 4.78 is 12.8. The number of halogens is 2. The summed E-state index contributed by atoms with van der Waals surface area (Å²) in [5, 5.41) is 9.02. The summed E-state index contributed by atoms with van der Waals surface area (Å²) in [5.74, 6) is -2.88. The van der Waals surface area contributed by atoms with Gasteiger partial charge in [-0.2, -0.15) is 4.39 Å². The molecule has 7 heteroatoms. The lowest BCUT2D eigenvalue weighted by atomic mass is 10.4. The first-order valence-electron chi connectivity index (χ1n) is 3.86. The van der Waals surface area contributed by atoms with Gasteiger partial charge in [-0.3, -0.25) is 0 Å². The third-order valence-electron chi connectivity index (χ3n) is 1.44. The summed E-state index contributed by atoms with van der Waals surface area (Å²) in [7, 11) is 3.52. The summed E-state index contributed by atoms with van der Waals surface area (Å²) in [4.78, 5) is 16.2. The van der Waals surface area contributed by atoms with E-state index in [1.807, 2.05) is 0 Å². The predicted molar refractivity (Wildman–Crippen MR) is 58.2 cm³/mol. The molecule has 0 aromatic carbocycles. The summed E-state index contributed by atoms with van der Waals surface area (Å²) >= 11 is 6.82. The monoisotopic (exact) mass is 250 g/mol. The molecule has 0 saturated heterocycles. The van der Waals surface area contributed by atoms with Crippen molar-refractivity contribution in [2.45, 2.75) is 0 Å².